The second kappa shape index (κ2) is 3.22. The molecule has 2 atom stereocenters. The number of carbonyl (C=O) groups is 1. The van der Waals surface area contributed by atoms with E-state index in [1.807, 2.05) is 0 Å². The van der Waals surface area contributed by atoms with E-state index in [-0.39, 0.29) is 10.8 Å². The number of fused-ring (bicyclic) bond motifs is 2. The lowest BCUT2D eigenvalue weighted by Crippen LogP contribution is -2.38. The molecule has 0 aromatic rings. The molecule has 0 radical (unpaired) electrons. The summed E-state index contributed by atoms with van der Waals surface area (Å²) in [4.78, 5) is 11.9. The Hall–Kier alpha value is -0.0600. The minimum absolute atomic E-state index is 0.0790. The van der Waals surface area contributed by atoms with Crippen molar-refractivity contribution >= 4 is 17.8 Å². The van der Waals surface area contributed by atoms with Crippen molar-refractivity contribution in [2.75, 3.05) is 5.75 Å². The van der Waals surface area contributed by atoms with Crippen molar-refractivity contribution < 1.29 is 14.4 Å². The second-order valence-corrected chi connectivity index (χ2v) is 5.68. The fourth-order valence-electron chi connectivity index (χ4n) is 3.24. The largest absolute Gasteiger partial charge is 0.299 e. The summed E-state index contributed by atoms with van der Waals surface area (Å²) in [6, 6.07) is 0. The Morgan fingerprint density at radius 2 is 2.36 bits per heavy atom. The van der Waals surface area contributed by atoms with Gasteiger partial charge in [-0.1, -0.05) is 13.8 Å². The molecule has 0 aromatic heterocycles. The second-order valence-electron chi connectivity index (χ2n) is 5.00. The van der Waals surface area contributed by atoms with Crippen molar-refractivity contribution in [2.45, 2.75) is 33.1 Å². The van der Waals surface area contributed by atoms with Crippen LogP contribution in [0.1, 0.15) is 33.1 Å². The van der Waals surface area contributed by atoms with Crippen LogP contribution in [0.2, 0.25) is 0 Å². The Balaban J connectivity index is 2.25. The third-order valence-electron chi connectivity index (χ3n) is 4.50. The molecule has 0 heterocycles. The zero-order valence-corrected chi connectivity index (χ0v) is 9.39. The van der Waals surface area contributed by atoms with Crippen molar-refractivity contribution in [3.63, 3.8) is 0 Å². The van der Waals surface area contributed by atoms with Gasteiger partial charge in [-0.25, -0.2) is 5.26 Å². The summed E-state index contributed by atoms with van der Waals surface area (Å²) in [7, 11) is 0. The van der Waals surface area contributed by atoms with Gasteiger partial charge in [-0.05, 0) is 24.2 Å². The van der Waals surface area contributed by atoms with Gasteiger partial charge in [0.15, 0.2) is 0 Å². The van der Waals surface area contributed by atoms with Gasteiger partial charge in [0.1, 0.15) is 5.78 Å². The van der Waals surface area contributed by atoms with E-state index in [1.54, 1.807) is 0 Å². The molecule has 2 unspecified atom stereocenters. The van der Waals surface area contributed by atoms with Crippen LogP contribution in [-0.4, -0.2) is 16.8 Å². The molecule has 2 rings (SSSR count). The van der Waals surface area contributed by atoms with Gasteiger partial charge in [0.2, 0.25) is 0 Å². The van der Waals surface area contributed by atoms with Crippen LogP contribution in [0.4, 0.5) is 0 Å². The minimum Gasteiger partial charge on any atom is -0.299 e. The molecule has 2 aliphatic rings. The van der Waals surface area contributed by atoms with E-state index < -0.39 is 0 Å². The highest BCUT2D eigenvalue weighted by atomic mass is 32.2. The van der Waals surface area contributed by atoms with E-state index >= 15 is 0 Å². The number of Topliss-reactive ketones (excluding diaryl/α,β-unsaturated/α-hetero) is 1. The predicted molar refractivity (Wildman–Crippen MR) is 54.7 cm³/mol. The van der Waals surface area contributed by atoms with Gasteiger partial charge in [0, 0.05) is 29.6 Å². The molecule has 2 fully saturated rings. The van der Waals surface area contributed by atoms with Crippen LogP contribution < -0.4 is 0 Å². The van der Waals surface area contributed by atoms with Crippen LogP contribution in [-0.2, 0) is 9.13 Å². The topological polar surface area (TPSA) is 46.5 Å². The Bertz CT molecular complexity index is 264. The smallest absolute Gasteiger partial charge is 0.140 e. The van der Waals surface area contributed by atoms with E-state index in [9.17, 15) is 4.79 Å². The van der Waals surface area contributed by atoms with E-state index in [0.29, 0.717) is 17.5 Å². The average Bonchev–Trinajstić information content (AvgIpc) is 2.48. The van der Waals surface area contributed by atoms with Gasteiger partial charge in [0.25, 0.3) is 0 Å². The maximum Gasteiger partial charge on any atom is 0.140 e. The van der Waals surface area contributed by atoms with Crippen LogP contribution in [0.25, 0.3) is 0 Å². The van der Waals surface area contributed by atoms with Crippen molar-refractivity contribution in [3.8, 4) is 0 Å². The zero-order chi connectivity index (χ0) is 10.4. The molecule has 0 amide bonds. The van der Waals surface area contributed by atoms with E-state index in [0.717, 1.165) is 31.3 Å². The number of rotatable bonds is 3. The normalized spacial score (nSPS) is 39.4. The minimum atomic E-state index is -0.245. The van der Waals surface area contributed by atoms with Gasteiger partial charge in [-0.3, -0.25) is 4.79 Å². The first-order valence-electron chi connectivity index (χ1n) is 5.01. The standard InChI is InChI=1S/C10H16O3S/c1-9(2)7-3-4-10(9,6-14-13-12)8(11)5-7/h7,12H,3-6H2,1-2H3. The molecule has 2 bridgehead atoms. The Kier molecular flexibility index (Phi) is 2.40. The van der Waals surface area contributed by atoms with Crippen molar-refractivity contribution in [1.29, 1.82) is 0 Å². The number of hydrogen-bond acceptors (Lipinski definition) is 4. The molecule has 0 saturated heterocycles. The molecule has 1 N–H and O–H groups in total. The average molecular weight is 216 g/mol. The quantitative estimate of drug-likeness (QED) is 0.447. The summed E-state index contributed by atoms with van der Waals surface area (Å²) in [6.45, 7) is 4.35. The molecule has 0 aromatic carbocycles. The van der Waals surface area contributed by atoms with E-state index in [1.165, 1.54) is 0 Å². The fourth-order valence-corrected chi connectivity index (χ4v) is 4.17. The summed E-state index contributed by atoms with van der Waals surface area (Å²) in [5.41, 5.74) is -0.166. The van der Waals surface area contributed by atoms with Crippen LogP contribution >= 0.6 is 12.0 Å². The summed E-state index contributed by atoms with van der Waals surface area (Å²) in [5.74, 6) is 1.49. The van der Waals surface area contributed by atoms with Gasteiger partial charge in [-0.2, -0.15) is 4.33 Å². The van der Waals surface area contributed by atoms with Gasteiger partial charge >= 0.3 is 0 Å². The van der Waals surface area contributed by atoms with Crippen molar-refractivity contribution in [3.05, 3.63) is 0 Å². The third-order valence-corrected chi connectivity index (χ3v) is 5.21. The first-order chi connectivity index (χ1) is 6.54. The van der Waals surface area contributed by atoms with Crippen LogP contribution in [0, 0.1) is 16.7 Å². The van der Waals surface area contributed by atoms with Crippen LogP contribution in [0.15, 0.2) is 0 Å². The summed E-state index contributed by atoms with van der Waals surface area (Å²) in [6.07, 6.45) is 2.82. The van der Waals surface area contributed by atoms with Crippen molar-refractivity contribution in [2.24, 2.45) is 16.7 Å². The molecule has 14 heavy (non-hydrogen) atoms. The number of hydrogen-bond donors (Lipinski definition) is 1. The summed E-state index contributed by atoms with van der Waals surface area (Å²) >= 11 is 0.996. The van der Waals surface area contributed by atoms with Crippen molar-refractivity contribution in [1.82, 2.24) is 0 Å². The number of carbonyl (C=O) groups excluding carboxylic acids is 1. The highest BCUT2D eigenvalue weighted by molar-refractivity contribution is 7.94. The lowest BCUT2D eigenvalue weighted by atomic mass is 9.70. The van der Waals surface area contributed by atoms with E-state index in [2.05, 4.69) is 18.2 Å². The van der Waals surface area contributed by atoms with Gasteiger partial charge in [0.05, 0.1) is 0 Å². The van der Waals surface area contributed by atoms with Crippen LogP contribution in [0.5, 0.6) is 0 Å². The SMILES string of the molecule is CC1(C)C2CCC1(CSOO)C(=O)C2. The molecular weight excluding hydrogens is 200 g/mol. The molecular formula is C10H16O3S. The molecule has 2 aliphatic carbocycles. The summed E-state index contributed by atoms with van der Waals surface area (Å²) < 4.78 is 4.06. The first kappa shape index (κ1) is 10.5. The van der Waals surface area contributed by atoms with E-state index in [4.69, 9.17) is 5.26 Å². The predicted octanol–water partition coefficient (Wildman–Crippen LogP) is 2.52. The Morgan fingerprint density at radius 3 is 2.79 bits per heavy atom. The summed E-state index contributed by atoms with van der Waals surface area (Å²) in [5, 5.41) is 8.36. The first-order valence-corrected chi connectivity index (χ1v) is 5.92. The van der Waals surface area contributed by atoms with Gasteiger partial charge < -0.3 is 0 Å². The Morgan fingerprint density at radius 1 is 1.64 bits per heavy atom. The Labute approximate surface area is 88.3 Å². The lowest BCUT2D eigenvalue weighted by Gasteiger charge is -2.35. The molecule has 0 spiro atoms. The maximum atomic E-state index is 11.9. The molecule has 4 heteroatoms. The lowest BCUT2D eigenvalue weighted by molar-refractivity contribution is -0.129. The molecule has 3 nitrogen and oxygen atoms in total. The molecule has 80 valence electrons. The fraction of sp³-hybridized carbons (Fsp3) is 0.900. The number of ketones is 1. The van der Waals surface area contributed by atoms with Gasteiger partial charge in [-0.15, -0.1) is 0 Å². The van der Waals surface area contributed by atoms with Crippen LogP contribution in [0.3, 0.4) is 0 Å². The molecule has 2 saturated carbocycles. The zero-order valence-electron chi connectivity index (χ0n) is 8.58. The molecule has 0 aliphatic heterocycles. The third kappa shape index (κ3) is 1.11. The highest BCUT2D eigenvalue weighted by Crippen LogP contribution is 2.64. The highest BCUT2D eigenvalue weighted by Gasteiger charge is 2.63. The monoisotopic (exact) mass is 216 g/mol. The maximum absolute atomic E-state index is 11.9.